The summed E-state index contributed by atoms with van der Waals surface area (Å²) in [6, 6.07) is 3.76. The number of likely N-dealkylation sites (tertiary alicyclic amines) is 1. The summed E-state index contributed by atoms with van der Waals surface area (Å²) in [4.78, 5) is 27.1. The molecular weight excluding hydrogens is 334 g/mol. The van der Waals surface area contributed by atoms with Gasteiger partial charge in [-0.15, -0.1) is 0 Å². The van der Waals surface area contributed by atoms with Gasteiger partial charge in [-0.3, -0.25) is 9.89 Å². The molecule has 0 radical (unpaired) electrons. The molecular formula is C19H23N3O4. The summed E-state index contributed by atoms with van der Waals surface area (Å²) in [5, 5.41) is 7.00. The molecule has 2 saturated heterocycles. The fraction of sp³-hybridized carbons (Fsp3) is 0.526. The number of H-pyrrole nitrogens is 1. The number of nitrogens with zero attached hydrogens (tertiary/aromatic N) is 2. The fourth-order valence-electron chi connectivity index (χ4n) is 3.90. The molecule has 7 nitrogen and oxygen atoms in total. The summed E-state index contributed by atoms with van der Waals surface area (Å²) in [5.41, 5.74) is 1.35. The van der Waals surface area contributed by atoms with Crippen molar-refractivity contribution in [1.29, 1.82) is 0 Å². The van der Waals surface area contributed by atoms with E-state index < -0.39 is 5.63 Å². The van der Waals surface area contributed by atoms with Crippen LogP contribution in [0.3, 0.4) is 0 Å². The van der Waals surface area contributed by atoms with Crippen molar-refractivity contribution in [3.8, 4) is 0 Å². The number of rotatable bonds is 3. The van der Waals surface area contributed by atoms with Crippen molar-refractivity contribution in [3.63, 3.8) is 0 Å². The first-order chi connectivity index (χ1) is 12.6. The van der Waals surface area contributed by atoms with Gasteiger partial charge in [0.15, 0.2) is 0 Å². The third-order valence-corrected chi connectivity index (χ3v) is 5.37. The van der Waals surface area contributed by atoms with Crippen molar-refractivity contribution in [2.75, 3.05) is 19.7 Å². The minimum Gasteiger partial charge on any atom is -0.424 e. The van der Waals surface area contributed by atoms with E-state index >= 15 is 0 Å². The Balaban J connectivity index is 1.49. The van der Waals surface area contributed by atoms with Gasteiger partial charge in [0.1, 0.15) is 17.4 Å². The fourth-order valence-corrected chi connectivity index (χ4v) is 3.90. The summed E-state index contributed by atoms with van der Waals surface area (Å²) >= 11 is 0. The van der Waals surface area contributed by atoms with E-state index in [4.69, 9.17) is 9.15 Å². The molecule has 0 bridgehead atoms. The summed E-state index contributed by atoms with van der Waals surface area (Å²) in [5.74, 6) is 0.665. The standard InChI is InChI=1S/C19H23N3O4/c1-12-11-16(15-3-2-10-25-15)26-19(24)17(12)18(23)22-8-5-13(6-9-22)14-4-7-20-21-14/h4,7,11,13,15H,2-3,5-6,8-10H2,1H3,(H,20,21). The molecule has 0 aromatic carbocycles. The number of piperidine rings is 1. The van der Waals surface area contributed by atoms with Crippen LogP contribution in [-0.2, 0) is 4.74 Å². The molecule has 2 aliphatic heterocycles. The van der Waals surface area contributed by atoms with Crippen LogP contribution >= 0.6 is 0 Å². The molecule has 2 fully saturated rings. The van der Waals surface area contributed by atoms with Gasteiger partial charge in [-0.2, -0.15) is 5.10 Å². The highest BCUT2D eigenvalue weighted by atomic mass is 16.5. The summed E-state index contributed by atoms with van der Waals surface area (Å²) in [6.45, 7) is 3.71. The van der Waals surface area contributed by atoms with E-state index in [1.165, 1.54) is 0 Å². The van der Waals surface area contributed by atoms with Crippen molar-refractivity contribution in [1.82, 2.24) is 15.1 Å². The summed E-state index contributed by atoms with van der Waals surface area (Å²) in [6.07, 6.45) is 5.09. The smallest absolute Gasteiger partial charge is 0.349 e. The molecule has 2 aromatic heterocycles. The number of hydrogen-bond acceptors (Lipinski definition) is 5. The maximum Gasteiger partial charge on any atom is 0.349 e. The lowest BCUT2D eigenvalue weighted by Gasteiger charge is -2.31. The van der Waals surface area contributed by atoms with Crippen LogP contribution in [0.5, 0.6) is 0 Å². The maximum absolute atomic E-state index is 12.9. The molecule has 1 amide bonds. The monoisotopic (exact) mass is 357 g/mol. The first-order valence-electron chi connectivity index (χ1n) is 9.18. The second-order valence-electron chi connectivity index (χ2n) is 7.07. The first-order valence-corrected chi connectivity index (χ1v) is 9.18. The largest absolute Gasteiger partial charge is 0.424 e. The number of nitrogens with one attached hydrogen (secondary N) is 1. The maximum atomic E-state index is 12.9. The molecule has 0 spiro atoms. The summed E-state index contributed by atoms with van der Waals surface area (Å²) in [7, 11) is 0. The lowest BCUT2D eigenvalue weighted by molar-refractivity contribution is 0.0698. The van der Waals surface area contributed by atoms with Crippen LogP contribution in [0.25, 0.3) is 0 Å². The Bertz CT molecular complexity index is 829. The van der Waals surface area contributed by atoms with Crippen molar-refractivity contribution in [2.24, 2.45) is 0 Å². The second-order valence-corrected chi connectivity index (χ2v) is 7.07. The average molecular weight is 357 g/mol. The van der Waals surface area contributed by atoms with Gasteiger partial charge in [-0.05, 0) is 50.3 Å². The van der Waals surface area contributed by atoms with E-state index in [-0.39, 0.29) is 17.6 Å². The van der Waals surface area contributed by atoms with Crippen molar-refractivity contribution in [3.05, 3.63) is 51.3 Å². The Morgan fingerprint density at radius 1 is 1.31 bits per heavy atom. The van der Waals surface area contributed by atoms with Gasteiger partial charge in [0.2, 0.25) is 0 Å². The number of ether oxygens (including phenoxy) is 1. The molecule has 2 aliphatic rings. The first kappa shape index (κ1) is 17.0. The Labute approximate surface area is 151 Å². The minimum atomic E-state index is -0.559. The number of aromatic amines is 1. The third kappa shape index (κ3) is 3.19. The van der Waals surface area contributed by atoms with Gasteiger partial charge in [0.05, 0.1) is 0 Å². The molecule has 7 heteroatoms. The zero-order valence-corrected chi connectivity index (χ0v) is 14.9. The van der Waals surface area contributed by atoms with Crippen LogP contribution in [-0.4, -0.2) is 40.7 Å². The quantitative estimate of drug-likeness (QED) is 0.912. The normalized spacial score (nSPS) is 21.3. The molecule has 1 unspecified atom stereocenters. The number of aromatic nitrogens is 2. The van der Waals surface area contributed by atoms with E-state index in [1.54, 1.807) is 24.1 Å². The van der Waals surface area contributed by atoms with Crippen molar-refractivity contribution < 1.29 is 13.9 Å². The molecule has 0 saturated carbocycles. The number of carbonyl (C=O) groups excluding carboxylic acids is 1. The number of amides is 1. The Kier molecular flexibility index (Phi) is 4.63. The zero-order chi connectivity index (χ0) is 18.1. The number of carbonyl (C=O) groups is 1. The molecule has 1 atom stereocenters. The topological polar surface area (TPSA) is 88.4 Å². The van der Waals surface area contributed by atoms with Crippen LogP contribution in [0, 0.1) is 6.92 Å². The number of aryl methyl sites for hydroxylation is 1. The third-order valence-electron chi connectivity index (χ3n) is 5.37. The highest BCUT2D eigenvalue weighted by Gasteiger charge is 2.29. The van der Waals surface area contributed by atoms with Crippen molar-refractivity contribution in [2.45, 2.75) is 44.6 Å². The summed E-state index contributed by atoms with van der Waals surface area (Å²) < 4.78 is 11.0. The predicted octanol–water partition coefficient (Wildman–Crippen LogP) is 2.54. The Morgan fingerprint density at radius 2 is 2.12 bits per heavy atom. The van der Waals surface area contributed by atoms with Crippen LogP contribution < -0.4 is 5.63 Å². The van der Waals surface area contributed by atoms with Crippen LogP contribution in [0.2, 0.25) is 0 Å². The predicted molar refractivity (Wildman–Crippen MR) is 94.1 cm³/mol. The van der Waals surface area contributed by atoms with Gasteiger partial charge in [0, 0.05) is 37.5 Å². The van der Waals surface area contributed by atoms with Gasteiger partial charge < -0.3 is 14.1 Å². The van der Waals surface area contributed by atoms with Crippen LogP contribution in [0.15, 0.2) is 27.5 Å². The van der Waals surface area contributed by atoms with E-state index in [0.717, 1.165) is 31.4 Å². The molecule has 4 heterocycles. The van der Waals surface area contributed by atoms with Crippen LogP contribution in [0.4, 0.5) is 0 Å². The highest BCUT2D eigenvalue weighted by Crippen LogP contribution is 2.30. The van der Waals surface area contributed by atoms with E-state index in [9.17, 15) is 9.59 Å². The number of hydrogen-bond donors (Lipinski definition) is 1. The second kappa shape index (κ2) is 7.07. The van der Waals surface area contributed by atoms with Gasteiger partial charge in [-0.25, -0.2) is 4.79 Å². The molecule has 138 valence electrons. The van der Waals surface area contributed by atoms with E-state index in [1.807, 2.05) is 6.07 Å². The molecule has 2 aromatic rings. The zero-order valence-electron chi connectivity index (χ0n) is 14.9. The van der Waals surface area contributed by atoms with Gasteiger partial charge >= 0.3 is 5.63 Å². The van der Waals surface area contributed by atoms with Gasteiger partial charge in [-0.1, -0.05) is 0 Å². The molecule has 0 aliphatic carbocycles. The lowest BCUT2D eigenvalue weighted by atomic mass is 9.93. The van der Waals surface area contributed by atoms with Crippen molar-refractivity contribution >= 4 is 5.91 Å². The molecule has 1 N–H and O–H groups in total. The Morgan fingerprint density at radius 3 is 2.73 bits per heavy atom. The van der Waals surface area contributed by atoms with E-state index in [2.05, 4.69) is 10.2 Å². The minimum absolute atomic E-state index is 0.145. The Hall–Kier alpha value is -2.41. The van der Waals surface area contributed by atoms with E-state index in [0.29, 0.717) is 36.9 Å². The lowest BCUT2D eigenvalue weighted by Crippen LogP contribution is -2.40. The molecule has 4 rings (SSSR count). The SMILES string of the molecule is Cc1cc(C2CCCO2)oc(=O)c1C(=O)N1CCC(c2ccn[nH]2)CC1. The van der Waals surface area contributed by atoms with Gasteiger partial charge in [0.25, 0.3) is 5.91 Å². The van der Waals surface area contributed by atoms with Crippen LogP contribution in [0.1, 0.15) is 65.1 Å². The molecule has 26 heavy (non-hydrogen) atoms. The average Bonchev–Trinajstić information content (AvgIpc) is 3.35. The highest BCUT2D eigenvalue weighted by molar-refractivity contribution is 5.95.